The molecule has 0 aromatic heterocycles. The van der Waals surface area contributed by atoms with Crippen LogP contribution in [0.15, 0.2) is 0 Å². The largest absolute Gasteiger partial charge is 0.330 e. The van der Waals surface area contributed by atoms with Gasteiger partial charge in [0, 0.05) is 6.04 Å². The molecule has 1 saturated heterocycles. The number of nitrogens with two attached hydrogens (primary N) is 1. The maximum atomic E-state index is 6.10. The molecule has 2 atom stereocenters. The van der Waals surface area contributed by atoms with Crippen molar-refractivity contribution in [2.45, 2.75) is 71.3 Å². The monoisotopic (exact) mass is 252 g/mol. The van der Waals surface area contributed by atoms with E-state index < -0.39 is 0 Å². The summed E-state index contributed by atoms with van der Waals surface area (Å²) in [5.74, 6) is 0.874. The Morgan fingerprint density at radius 1 is 1.11 bits per heavy atom. The number of nitrogens with zero attached hydrogens (tertiary/aromatic N) is 1. The number of piperidine rings is 1. The number of hydrogen-bond acceptors (Lipinski definition) is 2. The van der Waals surface area contributed by atoms with E-state index in [0.29, 0.717) is 5.41 Å². The van der Waals surface area contributed by atoms with Crippen molar-refractivity contribution < 1.29 is 0 Å². The van der Waals surface area contributed by atoms with Crippen LogP contribution in [0.4, 0.5) is 0 Å². The molecule has 0 spiro atoms. The molecule has 1 saturated carbocycles. The predicted molar refractivity (Wildman–Crippen MR) is 78.6 cm³/mol. The van der Waals surface area contributed by atoms with Gasteiger partial charge in [-0.15, -0.1) is 0 Å². The third kappa shape index (κ3) is 3.27. The highest BCUT2D eigenvalue weighted by Crippen LogP contribution is 2.39. The first-order valence-electron chi connectivity index (χ1n) is 8.11. The zero-order valence-electron chi connectivity index (χ0n) is 12.5. The molecule has 2 rings (SSSR count). The Morgan fingerprint density at radius 2 is 1.83 bits per heavy atom. The smallest absolute Gasteiger partial charge is 0.00925 e. The number of hydrogen-bond donors (Lipinski definition) is 1. The van der Waals surface area contributed by atoms with Crippen LogP contribution in [0.5, 0.6) is 0 Å². The average molecular weight is 252 g/mol. The Labute approximate surface area is 113 Å². The maximum Gasteiger partial charge on any atom is 0.00925 e. The van der Waals surface area contributed by atoms with Crippen molar-refractivity contribution in [2.24, 2.45) is 17.1 Å². The quantitative estimate of drug-likeness (QED) is 0.831. The van der Waals surface area contributed by atoms with Crippen molar-refractivity contribution in [1.82, 2.24) is 4.90 Å². The molecule has 2 heteroatoms. The van der Waals surface area contributed by atoms with Crippen LogP contribution in [0.3, 0.4) is 0 Å². The highest BCUT2D eigenvalue weighted by Gasteiger charge is 2.32. The molecule has 0 aromatic rings. The molecule has 18 heavy (non-hydrogen) atoms. The third-order valence-corrected chi connectivity index (χ3v) is 5.78. The summed E-state index contributed by atoms with van der Waals surface area (Å²) in [4.78, 5) is 2.72. The fraction of sp³-hybridized carbons (Fsp3) is 1.00. The molecule has 2 nitrogen and oxygen atoms in total. The van der Waals surface area contributed by atoms with Crippen molar-refractivity contribution >= 4 is 0 Å². The Bertz CT molecular complexity index is 245. The summed E-state index contributed by atoms with van der Waals surface area (Å²) < 4.78 is 0. The molecule has 2 N–H and O–H groups in total. The summed E-state index contributed by atoms with van der Waals surface area (Å²) in [5.41, 5.74) is 6.58. The average Bonchev–Trinajstić information content (AvgIpc) is 2.41. The summed E-state index contributed by atoms with van der Waals surface area (Å²) in [6.45, 7) is 8.33. The molecule has 1 heterocycles. The van der Waals surface area contributed by atoms with Crippen LogP contribution in [0, 0.1) is 11.3 Å². The molecule has 1 aliphatic heterocycles. The number of likely N-dealkylation sites (tertiary alicyclic amines) is 1. The van der Waals surface area contributed by atoms with Crippen molar-refractivity contribution in [1.29, 1.82) is 0 Å². The second kappa shape index (κ2) is 6.38. The highest BCUT2D eigenvalue weighted by molar-refractivity contribution is 4.86. The van der Waals surface area contributed by atoms with Gasteiger partial charge < -0.3 is 10.6 Å². The number of rotatable bonds is 4. The summed E-state index contributed by atoms with van der Waals surface area (Å²) in [6.07, 6.45) is 11.1. The van der Waals surface area contributed by atoms with Gasteiger partial charge in [0.25, 0.3) is 0 Å². The van der Waals surface area contributed by atoms with E-state index in [-0.39, 0.29) is 0 Å². The highest BCUT2D eigenvalue weighted by atomic mass is 15.2. The minimum atomic E-state index is 0.485. The molecule has 0 aromatic carbocycles. The lowest BCUT2D eigenvalue weighted by atomic mass is 9.71. The van der Waals surface area contributed by atoms with Crippen LogP contribution in [0.2, 0.25) is 0 Å². The predicted octanol–water partition coefficient (Wildman–Crippen LogP) is 3.41. The maximum absolute atomic E-state index is 6.10. The molecule has 0 amide bonds. The third-order valence-electron chi connectivity index (χ3n) is 5.78. The first-order chi connectivity index (χ1) is 8.67. The van der Waals surface area contributed by atoms with Crippen molar-refractivity contribution in [2.75, 3.05) is 19.6 Å². The SMILES string of the molecule is CC1CCCN(CCC2(CN)CCCCC2)C1C. The van der Waals surface area contributed by atoms with Gasteiger partial charge >= 0.3 is 0 Å². The van der Waals surface area contributed by atoms with E-state index in [1.165, 1.54) is 64.5 Å². The molecular formula is C16H32N2. The molecule has 2 unspecified atom stereocenters. The molecule has 0 radical (unpaired) electrons. The summed E-state index contributed by atoms with van der Waals surface area (Å²) >= 11 is 0. The fourth-order valence-corrected chi connectivity index (χ4v) is 3.98. The molecule has 2 aliphatic rings. The zero-order chi connectivity index (χ0) is 13.0. The summed E-state index contributed by atoms with van der Waals surface area (Å²) in [6, 6.07) is 0.775. The van der Waals surface area contributed by atoms with Crippen LogP contribution in [0.25, 0.3) is 0 Å². The van der Waals surface area contributed by atoms with E-state index >= 15 is 0 Å². The topological polar surface area (TPSA) is 29.3 Å². The molecular weight excluding hydrogens is 220 g/mol. The Kier molecular flexibility index (Phi) is 5.08. The van der Waals surface area contributed by atoms with E-state index in [4.69, 9.17) is 5.73 Å². The van der Waals surface area contributed by atoms with Crippen molar-refractivity contribution in [3.05, 3.63) is 0 Å². The van der Waals surface area contributed by atoms with Gasteiger partial charge in [-0.3, -0.25) is 0 Å². The summed E-state index contributed by atoms with van der Waals surface area (Å²) in [5, 5.41) is 0. The van der Waals surface area contributed by atoms with Gasteiger partial charge in [0.1, 0.15) is 0 Å². The van der Waals surface area contributed by atoms with Gasteiger partial charge in [-0.25, -0.2) is 0 Å². The zero-order valence-corrected chi connectivity index (χ0v) is 12.5. The molecule has 106 valence electrons. The molecule has 1 aliphatic carbocycles. The van der Waals surface area contributed by atoms with Gasteiger partial charge in [0.05, 0.1) is 0 Å². The van der Waals surface area contributed by atoms with Gasteiger partial charge in [-0.05, 0) is 70.0 Å². The van der Waals surface area contributed by atoms with Crippen molar-refractivity contribution in [3.8, 4) is 0 Å². The van der Waals surface area contributed by atoms with Gasteiger partial charge in [-0.1, -0.05) is 26.2 Å². The van der Waals surface area contributed by atoms with E-state index in [2.05, 4.69) is 18.7 Å². The lowest BCUT2D eigenvalue weighted by molar-refractivity contribution is 0.0812. The molecule has 2 fully saturated rings. The van der Waals surface area contributed by atoms with Crippen LogP contribution in [-0.2, 0) is 0 Å². The first kappa shape index (κ1) is 14.3. The van der Waals surface area contributed by atoms with E-state index in [1.54, 1.807) is 0 Å². The minimum absolute atomic E-state index is 0.485. The second-order valence-corrected chi connectivity index (χ2v) is 6.91. The first-order valence-corrected chi connectivity index (χ1v) is 8.11. The summed E-state index contributed by atoms with van der Waals surface area (Å²) in [7, 11) is 0. The van der Waals surface area contributed by atoms with Crippen LogP contribution >= 0.6 is 0 Å². The fourth-order valence-electron chi connectivity index (χ4n) is 3.98. The standard InChI is InChI=1S/C16H32N2/c1-14-7-6-11-18(15(14)2)12-10-16(13-17)8-4-3-5-9-16/h14-15H,3-13,17H2,1-2H3. The Balaban J connectivity index is 1.85. The van der Waals surface area contributed by atoms with Crippen LogP contribution in [0.1, 0.15) is 65.2 Å². The second-order valence-electron chi connectivity index (χ2n) is 6.91. The van der Waals surface area contributed by atoms with Gasteiger partial charge in [-0.2, -0.15) is 0 Å². The lowest BCUT2D eigenvalue weighted by Gasteiger charge is -2.42. The normalized spacial score (nSPS) is 33.5. The van der Waals surface area contributed by atoms with Crippen molar-refractivity contribution in [3.63, 3.8) is 0 Å². The Morgan fingerprint density at radius 3 is 2.50 bits per heavy atom. The van der Waals surface area contributed by atoms with E-state index in [0.717, 1.165) is 18.5 Å². The van der Waals surface area contributed by atoms with Crippen LogP contribution < -0.4 is 5.73 Å². The lowest BCUT2D eigenvalue weighted by Crippen LogP contribution is -2.45. The van der Waals surface area contributed by atoms with Gasteiger partial charge in [0.2, 0.25) is 0 Å². The van der Waals surface area contributed by atoms with E-state index in [1.807, 2.05) is 0 Å². The van der Waals surface area contributed by atoms with E-state index in [9.17, 15) is 0 Å². The minimum Gasteiger partial charge on any atom is -0.330 e. The molecule has 0 bridgehead atoms. The van der Waals surface area contributed by atoms with Gasteiger partial charge in [0.15, 0.2) is 0 Å². The van der Waals surface area contributed by atoms with Crippen LogP contribution in [-0.4, -0.2) is 30.6 Å². The Hall–Kier alpha value is -0.0800.